The molecule has 3 amide bonds. The Morgan fingerprint density at radius 2 is 1.81 bits per heavy atom. The molecule has 2 heterocycles. The van der Waals surface area contributed by atoms with Crippen LogP contribution in [-0.2, 0) is 9.59 Å². The monoisotopic (exact) mass is 466 g/mol. The van der Waals surface area contributed by atoms with Crippen LogP contribution in [0.4, 0.5) is 16.5 Å². The first kappa shape index (κ1) is 21.7. The topological polar surface area (TPSA) is 91.4 Å². The van der Waals surface area contributed by atoms with Crippen molar-refractivity contribution < 1.29 is 14.4 Å². The number of aromatic nitrogens is 1. The average Bonchev–Trinajstić information content (AvgIpc) is 3.26. The highest BCUT2D eigenvalue weighted by atomic mass is 35.5. The molecule has 162 valence electrons. The number of nitrogens with zero attached hydrogens (tertiary/aromatic N) is 2. The van der Waals surface area contributed by atoms with Crippen LogP contribution in [0.25, 0.3) is 0 Å². The van der Waals surface area contributed by atoms with Crippen LogP contribution >= 0.6 is 22.9 Å². The summed E-state index contributed by atoms with van der Waals surface area (Å²) in [6.45, 7) is 5.59. The minimum Gasteiger partial charge on any atom is -0.350 e. The van der Waals surface area contributed by atoms with Gasteiger partial charge in [-0.3, -0.25) is 19.7 Å². The van der Waals surface area contributed by atoms with Crippen LogP contribution in [0, 0.1) is 20.8 Å². The molecule has 0 saturated heterocycles. The molecule has 2 N–H and O–H groups in total. The van der Waals surface area contributed by atoms with E-state index in [1.165, 1.54) is 11.3 Å². The smallest absolute Gasteiger partial charge is 0.283 e. The summed E-state index contributed by atoms with van der Waals surface area (Å²) in [5.41, 5.74) is 3.85. The van der Waals surface area contributed by atoms with Crippen molar-refractivity contribution in [2.24, 2.45) is 0 Å². The minimum atomic E-state index is -0.596. The Morgan fingerprint density at radius 1 is 1.06 bits per heavy atom. The van der Waals surface area contributed by atoms with E-state index in [2.05, 4.69) is 15.6 Å². The molecule has 7 nitrogen and oxygen atoms in total. The maximum absolute atomic E-state index is 13.1. The fraction of sp³-hybridized carbons (Fsp3) is 0.130. The molecule has 1 aliphatic heterocycles. The van der Waals surface area contributed by atoms with Gasteiger partial charge in [0.1, 0.15) is 10.7 Å². The summed E-state index contributed by atoms with van der Waals surface area (Å²) in [6, 6.07) is 12.0. The standard InChI is InChI=1S/C23H19ClN4O3S/c1-12-6-4-9-17(14(12)3)28-21(30)18(24)19(22(28)31)26-16-8-5-7-15(10-16)20(29)27-23-25-13(2)11-32-23/h4-11,26H,1-3H3,(H,25,27,29). The van der Waals surface area contributed by atoms with Crippen molar-refractivity contribution in [3.63, 3.8) is 0 Å². The number of rotatable bonds is 5. The van der Waals surface area contributed by atoms with E-state index in [9.17, 15) is 14.4 Å². The highest BCUT2D eigenvalue weighted by molar-refractivity contribution is 7.13. The number of hydrogen-bond donors (Lipinski definition) is 2. The summed E-state index contributed by atoms with van der Waals surface area (Å²) in [4.78, 5) is 43.7. The van der Waals surface area contributed by atoms with E-state index in [1.807, 2.05) is 32.2 Å². The minimum absolute atomic E-state index is 0.0364. The molecule has 4 rings (SSSR count). The molecular weight excluding hydrogens is 448 g/mol. The number of aryl methyl sites for hydroxylation is 2. The fourth-order valence-electron chi connectivity index (χ4n) is 3.27. The zero-order valence-corrected chi connectivity index (χ0v) is 19.1. The number of anilines is 3. The highest BCUT2D eigenvalue weighted by Crippen LogP contribution is 2.33. The molecule has 0 unspecified atom stereocenters. The van der Waals surface area contributed by atoms with Crippen LogP contribution in [0.5, 0.6) is 0 Å². The Morgan fingerprint density at radius 3 is 2.53 bits per heavy atom. The van der Waals surface area contributed by atoms with Crippen LogP contribution < -0.4 is 15.5 Å². The van der Waals surface area contributed by atoms with Gasteiger partial charge in [-0.1, -0.05) is 29.8 Å². The molecule has 1 aromatic heterocycles. The molecule has 0 radical (unpaired) electrons. The molecule has 0 atom stereocenters. The number of amides is 3. The first-order valence-corrected chi connectivity index (χ1v) is 11.0. The lowest BCUT2D eigenvalue weighted by Gasteiger charge is -2.18. The highest BCUT2D eigenvalue weighted by Gasteiger charge is 2.39. The molecular formula is C23H19ClN4O3S. The van der Waals surface area contributed by atoms with E-state index in [4.69, 9.17) is 11.6 Å². The molecule has 2 aromatic carbocycles. The molecule has 0 fully saturated rings. The lowest BCUT2D eigenvalue weighted by atomic mass is 10.1. The van der Waals surface area contributed by atoms with E-state index in [0.717, 1.165) is 21.7 Å². The van der Waals surface area contributed by atoms with E-state index in [-0.39, 0.29) is 16.6 Å². The Balaban J connectivity index is 1.57. The third kappa shape index (κ3) is 4.02. The zero-order chi connectivity index (χ0) is 23.0. The molecule has 9 heteroatoms. The number of hydrogen-bond acceptors (Lipinski definition) is 6. The van der Waals surface area contributed by atoms with Gasteiger partial charge in [0.2, 0.25) is 0 Å². The third-order valence-electron chi connectivity index (χ3n) is 5.08. The lowest BCUT2D eigenvalue weighted by Crippen LogP contribution is -2.33. The number of nitrogens with one attached hydrogen (secondary N) is 2. The van der Waals surface area contributed by atoms with Gasteiger partial charge in [-0.25, -0.2) is 9.88 Å². The van der Waals surface area contributed by atoms with E-state index < -0.39 is 11.8 Å². The first-order chi connectivity index (χ1) is 15.3. The van der Waals surface area contributed by atoms with Crippen molar-refractivity contribution in [2.75, 3.05) is 15.5 Å². The summed E-state index contributed by atoms with van der Waals surface area (Å²) in [5, 5.41) is 7.78. The molecule has 0 bridgehead atoms. The van der Waals surface area contributed by atoms with Gasteiger partial charge in [0, 0.05) is 16.6 Å². The first-order valence-electron chi connectivity index (χ1n) is 9.71. The summed E-state index contributed by atoms with van der Waals surface area (Å²) >= 11 is 7.57. The quantitative estimate of drug-likeness (QED) is 0.529. The average molecular weight is 467 g/mol. The lowest BCUT2D eigenvalue weighted by molar-refractivity contribution is -0.120. The van der Waals surface area contributed by atoms with Gasteiger partial charge in [-0.2, -0.15) is 0 Å². The van der Waals surface area contributed by atoms with Crippen molar-refractivity contribution in [3.05, 3.63) is 81.0 Å². The van der Waals surface area contributed by atoms with Gasteiger partial charge >= 0.3 is 0 Å². The fourth-order valence-corrected chi connectivity index (χ4v) is 4.17. The zero-order valence-electron chi connectivity index (χ0n) is 17.5. The predicted octanol–water partition coefficient (Wildman–Crippen LogP) is 4.76. The molecule has 32 heavy (non-hydrogen) atoms. The van der Waals surface area contributed by atoms with Crippen molar-refractivity contribution in [3.8, 4) is 0 Å². The van der Waals surface area contributed by atoms with Crippen LogP contribution in [0.3, 0.4) is 0 Å². The molecule has 0 spiro atoms. The van der Waals surface area contributed by atoms with Crippen LogP contribution in [0.15, 0.2) is 58.6 Å². The van der Waals surface area contributed by atoms with Crippen molar-refractivity contribution in [1.82, 2.24) is 4.98 Å². The Labute approximate surface area is 193 Å². The van der Waals surface area contributed by atoms with Gasteiger partial charge in [0.25, 0.3) is 17.7 Å². The normalized spacial score (nSPS) is 13.7. The van der Waals surface area contributed by atoms with Crippen LogP contribution in [0.2, 0.25) is 0 Å². The van der Waals surface area contributed by atoms with E-state index in [1.54, 1.807) is 36.4 Å². The van der Waals surface area contributed by atoms with Crippen molar-refractivity contribution in [1.29, 1.82) is 0 Å². The Kier molecular flexibility index (Phi) is 5.82. The molecule has 1 aliphatic rings. The van der Waals surface area contributed by atoms with Crippen molar-refractivity contribution >= 4 is 57.2 Å². The summed E-state index contributed by atoms with van der Waals surface area (Å²) < 4.78 is 0. The van der Waals surface area contributed by atoms with Gasteiger partial charge in [-0.05, 0) is 56.2 Å². The number of carbonyl (C=O) groups is 3. The molecule has 0 aliphatic carbocycles. The van der Waals surface area contributed by atoms with Crippen LogP contribution in [-0.4, -0.2) is 22.7 Å². The van der Waals surface area contributed by atoms with Crippen molar-refractivity contribution in [2.45, 2.75) is 20.8 Å². The number of halogens is 1. The number of imide groups is 1. The van der Waals surface area contributed by atoms with Gasteiger partial charge in [-0.15, -0.1) is 11.3 Å². The number of benzene rings is 2. The van der Waals surface area contributed by atoms with Crippen LogP contribution in [0.1, 0.15) is 27.2 Å². The summed E-state index contributed by atoms with van der Waals surface area (Å²) in [7, 11) is 0. The second kappa shape index (κ2) is 8.57. The van der Waals surface area contributed by atoms with Gasteiger partial charge in [0.15, 0.2) is 5.13 Å². The third-order valence-corrected chi connectivity index (χ3v) is 6.30. The molecule has 3 aromatic rings. The second-order valence-corrected chi connectivity index (χ2v) is 8.54. The van der Waals surface area contributed by atoms with Gasteiger partial charge < -0.3 is 5.32 Å². The SMILES string of the molecule is Cc1csc(NC(=O)c2cccc(NC3=C(Cl)C(=O)N(c4cccc(C)c4C)C3=O)c2)n1. The predicted molar refractivity (Wildman–Crippen MR) is 126 cm³/mol. The number of thiazole rings is 1. The summed E-state index contributed by atoms with van der Waals surface area (Å²) in [6.07, 6.45) is 0. The maximum atomic E-state index is 13.1. The largest absolute Gasteiger partial charge is 0.350 e. The maximum Gasteiger partial charge on any atom is 0.283 e. The van der Waals surface area contributed by atoms with Gasteiger partial charge in [0.05, 0.1) is 11.4 Å². The number of carbonyl (C=O) groups excluding carboxylic acids is 3. The Bertz CT molecular complexity index is 1300. The second-order valence-electron chi connectivity index (χ2n) is 7.31. The molecule has 0 saturated carbocycles. The summed E-state index contributed by atoms with van der Waals surface area (Å²) in [5.74, 6) is -1.49. The van der Waals surface area contributed by atoms with E-state index in [0.29, 0.717) is 22.1 Å². The Hall–Kier alpha value is -3.49. The van der Waals surface area contributed by atoms with E-state index >= 15 is 0 Å².